The third-order valence-electron chi connectivity index (χ3n) is 4.27. The van der Waals surface area contributed by atoms with Crippen molar-refractivity contribution >= 4 is 11.8 Å². The predicted molar refractivity (Wildman–Crippen MR) is 91.8 cm³/mol. The van der Waals surface area contributed by atoms with Crippen molar-refractivity contribution in [3.63, 3.8) is 0 Å². The van der Waals surface area contributed by atoms with Gasteiger partial charge in [-0.05, 0) is 18.1 Å². The van der Waals surface area contributed by atoms with Gasteiger partial charge in [0.25, 0.3) is 5.91 Å². The van der Waals surface area contributed by atoms with Crippen LogP contribution in [0.25, 0.3) is 0 Å². The maximum Gasteiger partial charge on any atom is 0.274 e. The SMILES string of the molecule is Cn1ccc(C(=O)N2CC(=O)N(CCc3ccccc3)CC(O)C2)n1. The number of hydrogen-bond donors (Lipinski definition) is 1. The Labute approximate surface area is 146 Å². The van der Waals surface area contributed by atoms with Crippen LogP contribution >= 0.6 is 0 Å². The van der Waals surface area contributed by atoms with E-state index in [1.807, 2.05) is 30.3 Å². The Hall–Kier alpha value is -2.67. The van der Waals surface area contributed by atoms with E-state index in [0.717, 1.165) is 5.56 Å². The molecule has 0 radical (unpaired) electrons. The van der Waals surface area contributed by atoms with E-state index in [1.165, 1.54) is 9.58 Å². The van der Waals surface area contributed by atoms with Crippen molar-refractivity contribution in [3.05, 3.63) is 53.9 Å². The largest absolute Gasteiger partial charge is 0.389 e. The summed E-state index contributed by atoms with van der Waals surface area (Å²) in [6, 6.07) is 11.5. The Morgan fingerprint density at radius 3 is 2.68 bits per heavy atom. The van der Waals surface area contributed by atoms with Crippen LogP contribution in [0.2, 0.25) is 0 Å². The Morgan fingerprint density at radius 1 is 1.24 bits per heavy atom. The molecule has 1 unspecified atom stereocenters. The third kappa shape index (κ3) is 4.24. The zero-order chi connectivity index (χ0) is 17.8. The van der Waals surface area contributed by atoms with Gasteiger partial charge in [-0.2, -0.15) is 5.10 Å². The van der Waals surface area contributed by atoms with Gasteiger partial charge < -0.3 is 14.9 Å². The molecule has 7 nitrogen and oxygen atoms in total. The van der Waals surface area contributed by atoms with Gasteiger partial charge in [0.1, 0.15) is 12.2 Å². The highest BCUT2D eigenvalue weighted by molar-refractivity contribution is 5.95. The molecule has 1 saturated heterocycles. The number of aliphatic hydroxyl groups excluding tert-OH is 1. The molecule has 1 fully saturated rings. The highest BCUT2D eigenvalue weighted by Gasteiger charge is 2.30. The molecule has 1 aliphatic heterocycles. The van der Waals surface area contributed by atoms with E-state index in [-0.39, 0.29) is 37.1 Å². The molecule has 0 aliphatic carbocycles. The zero-order valence-electron chi connectivity index (χ0n) is 14.2. The molecule has 1 aromatic heterocycles. The highest BCUT2D eigenvalue weighted by Crippen LogP contribution is 2.11. The van der Waals surface area contributed by atoms with Crippen molar-refractivity contribution in [2.24, 2.45) is 7.05 Å². The van der Waals surface area contributed by atoms with E-state index >= 15 is 0 Å². The second kappa shape index (κ2) is 7.48. The number of nitrogens with zero attached hydrogens (tertiary/aromatic N) is 4. The summed E-state index contributed by atoms with van der Waals surface area (Å²) in [6.45, 7) is 0.841. The van der Waals surface area contributed by atoms with E-state index in [9.17, 15) is 14.7 Å². The lowest BCUT2D eigenvalue weighted by atomic mass is 10.1. The molecular formula is C18H22N4O3. The Kier molecular flexibility index (Phi) is 5.14. The van der Waals surface area contributed by atoms with Gasteiger partial charge in [-0.3, -0.25) is 14.3 Å². The molecule has 0 spiro atoms. The molecule has 1 aromatic carbocycles. The van der Waals surface area contributed by atoms with Crippen LogP contribution in [0.3, 0.4) is 0 Å². The smallest absolute Gasteiger partial charge is 0.274 e. The number of benzene rings is 1. The van der Waals surface area contributed by atoms with Gasteiger partial charge in [0.2, 0.25) is 5.91 Å². The number of aliphatic hydroxyl groups is 1. The van der Waals surface area contributed by atoms with Crippen molar-refractivity contribution in [2.75, 3.05) is 26.2 Å². The third-order valence-corrected chi connectivity index (χ3v) is 4.27. The molecule has 2 heterocycles. The first kappa shape index (κ1) is 17.2. The van der Waals surface area contributed by atoms with Gasteiger partial charge in [-0.1, -0.05) is 30.3 Å². The molecule has 25 heavy (non-hydrogen) atoms. The molecule has 7 heteroatoms. The number of hydrogen-bond acceptors (Lipinski definition) is 4. The topological polar surface area (TPSA) is 78.7 Å². The van der Waals surface area contributed by atoms with Gasteiger partial charge >= 0.3 is 0 Å². The molecule has 2 amide bonds. The highest BCUT2D eigenvalue weighted by atomic mass is 16.3. The fourth-order valence-corrected chi connectivity index (χ4v) is 2.97. The van der Waals surface area contributed by atoms with Crippen LogP contribution in [0.15, 0.2) is 42.6 Å². The number of carbonyl (C=O) groups excluding carboxylic acids is 2. The zero-order valence-corrected chi connectivity index (χ0v) is 14.2. The Bertz CT molecular complexity index is 744. The molecule has 132 valence electrons. The number of aromatic nitrogens is 2. The van der Waals surface area contributed by atoms with Gasteiger partial charge in [0.05, 0.1) is 6.10 Å². The number of β-amino-alcohol motifs (C(OH)–C–C–N with tert-alkyl or cyclic N) is 1. The maximum atomic E-state index is 12.5. The van der Waals surface area contributed by atoms with Crippen molar-refractivity contribution in [2.45, 2.75) is 12.5 Å². The van der Waals surface area contributed by atoms with Crippen molar-refractivity contribution < 1.29 is 14.7 Å². The normalized spacial score (nSPS) is 18.3. The lowest BCUT2D eigenvalue weighted by molar-refractivity contribution is -0.131. The minimum atomic E-state index is -0.769. The van der Waals surface area contributed by atoms with E-state index in [4.69, 9.17) is 0 Å². The second-order valence-corrected chi connectivity index (χ2v) is 6.29. The minimum Gasteiger partial charge on any atom is -0.389 e. The lowest BCUT2D eigenvalue weighted by Crippen LogP contribution is -2.40. The predicted octanol–water partition coefficient (Wildman–Crippen LogP) is 0.308. The van der Waals surface area contributed by atoms with E-state index < -0.39 is 6.10 Å². The molecule has 1 aliphatic rings. The maximum absolute atomic E-state index is 12.5. The van der Waals surface area contributed by atoms with Crippen LogP contribution in [0.5, 0.6) is 0 Å². The summed E-state index contributed by atoms with van der Waals surface area (Å²) in [5, 5.41) is 14.3. The van der Waals surface area contributed by atoms with E-state index in [2.05, 4.69) is 5.10 Å². The molecular weight excluding hydrogens is 320 g/mol. The first-order valence-corrected chi connectivity index (χ1v) is 8.31. The molecule has 2 aromatic rings. The summed E-state index contributed by atoms with van der Waals surface area (Å²) in [5.74, 6) is -0.491. The minimum absolute atomic E-state index is 0.0404. The first-order chi connectivity index (χ1) is 12.0. The number of amides is 2. The summed E-state index contributed by atoms with van der Waals surface area (Å²) < 4.78 is 1.54. The van der Waals surface area contributed by atoms with Gasteiger partial charge in [-0.15, -0.1) is 0 Å². The van der Waals surface area contributed by atoms with Crippen molar-refractivity contribution in [3.8, 4) is 0 Å². The standard InChI is InChI=1S/C18H22N4O3/c1-20-9-8-16(19-20)18(25)22-12-15(23)11-21(17(24)13-22)10-7-14-5-3-2-4-6-14/h2-6,8-9,15,23H,7,10-13H2,1H3. The quantitative estimate of drug-likeness (QED) is 0.867. The molecule has 1 N–H and O–H groups in total. The first-order valence-electron chi connectivity index (χ1n) is 8.31. The summed E-state index contributed by atoms with van der Waals surface area (Å²) in [6.07, 6.45) is 1.62. The second-order valence-electron chi connectivity index (χ2n) is 6.29. The van der Waals surface area contributed by atoms with Crippen LogP contribution in [0.1, 0.15) is 16.1 Å². The summed E-state index contributed by atoms with van der Waals surface area (Å²) >= 11 is 0. The number of rotatable bonds is 4. The lowest BCUT2D eigenvalue weighted by Gasteiger charge is -2.21. The molecule has 1 atom stereocenters. The summed E-state index contributed by atoms with van der Waals surface area (Å²) in [7, 11) is 1.73. The van der Waals surface area contributed by atoms with Crippen molar-refractivity contribution in [1.29, 1.82) is 0 Å². The number of aryl methyl sites for hydroxylation is 1. The van der Waals surface area contributed by atoms with Crippen LogP contribution in [0.4, 0.5) is 0 Å². The van der Waals surface area contributed by atoms with Crippen LogP contribution in [-0.4, -0.2) is 68.8 Å². The fourth-order valence-electron chi connectivity index (χ4n) is 2.97. The van der Waals surface area contributed by atoms with Crippen LogP contribution in [0, 0.1) is 0 Å². The molecule has 0 saturated carbocycles. The summed E-state index contributed by atoms with van der Waals surface area (Å²) in [5.41, 5.74) is 1.41. The van der Waals surface area contributed by atoms with Gasteiger partial charge in [0.15, 0.2) is 0 Å². The number of carbonyl (C=O) groups is 2. The molecule has 3 rings (SSSR count). The van der Waals surface area contributed by atoms with Crippen molar-refractivity contribution in [1.82, 2.24) is 19.6 Å². The van der Waals surface area contributed by atoms with E-state index in [1.54, 1.807) is 24.2 Å². The Morgan fingerprint density at radius 2 is 2.00 bits per heavy atom. The average Bonchev–Trinajstić information content (AvgIpc) is 2.98. The van der Waals surface area contributed by atoms with Gasteiger partial charge in [0, 0.05) is 32.9 Å². The Balaban J connectivity index is 1.65. The molecule has 0 bridgehead atoms. The van der Waals surface area contributed by atoms with Crippen LogP contribution < -0.4 is 0 Å². The van der Waals surface area contributed by atoms with E-state index in [0.29, 0.717) is 13.0 Å². The average molecular weight is 342 g/mol. The monoisotopic (exact) mass is 342 g/mol. The summed E-state index contributed by atoms with van der Waals surface area (Å²) in [4.78, 5) is 28.0. The van der Waals surface area contributed by atoms with Crippen LogP contribution in [-0.2, 0) is 18.3 Å². The van der Waals surface area contributed by atoms with Gasteiger partial charge in [-0.25, -0.2) is 0 Å². The fraction of sp³-hybridized carbons (Fsp3) is 0.389.